The monoisotopic (exact) mass is 199 g/mol. The SMILES string of the molecule is OC[C@H]1OC(O)[C@](F)([18F])[C@@H](O)[C@@H]1O. The lowest BCUT2D eigenvalue weighted by Gasteiger charge is -2.39. The molecule has 1 unspecified atom stereocenters. The topological polar surface area (TPSA) is 90.2 Å². The highest BCUT2D eigenvalue weighted by Gasteiger charge is 2.56. The molecular formula is C6H10F2O5. The van der Waals surface area contributed by atoms with Gasteiger partial charge in [-0.25, -0.2) is 0 Å². The molecule has 1 heterocycles. The summed E-state index contributed by atoms with van der Waals surface area (Å²) in [6, 6.07) is 0. The van der Waals surface area contributed by atoms with Crippen LogP contribution in [0.2, 0.25) is 0 Å². The van der Waals surface area contributed by atoms with E-state index in [-0.39, 0.29) is 0 Å². The predicted octanol–water partition coefficient (Wildman–Crippen LogP) is -1.95. The van der Waals surface area contributed by atoms with Crippen molar-refractivity contribution >= 4 is 0 Å². The highest BCUT2D eigenvalue weighted by Crippen LogP contribution is 2.33. The van der Waals surface area contributed by atoms with E-state index in [9.17, 15) is 8.78 Å². The Labute approximate surface area is 72.2 Å². The summed E-state index contributed by atoms with van der Waals surface area (Å²) in [4.78, 5) is 0. The molecule has 13 heavy (non-hydrogen) atoms. The van der Waals surface area contributed by atoms with Crippen LogP contribution in [0.3, 0.4) is 0 Å². The standard InChI is InChI=1S/C6H10F2O5/c7-6(8)4(11)3(10)2(1-9)13-5(6)12/h2-5,9-12H,1H2/t2-,3-,4+,5?/m1/s1/i7-1/t2-,3-,4+,5?,6+. The fraction of sp³-hybridized carbons (Fsp3) is 1.00. The fourth-order valence-electron chi connectivity index (χ4n) is 1.06. The lowest BCUT2D eigenvalue weighted by Crippen LogP contribution is -2.62. The molecule has 0 aliphatic carbocycles. The normalized spacial score (nSPS) is 52.2. The number of hydrogen-bond acceptors (Lipinski definition) is 5. The summed E-state index contributed by atoms with van der Waals surface area (Å²) < 4.78 is 29.5. The summed E-state index contributed by atoms with van der Waals surface area (Å²) in [5.41, 5.74) is 0. The molecule has 1 aliphatic rings. The van der Waals surface area contributed by atoms with E-state index in [4.69, 9.17) is 20.4 Å². The number of hydrogen-bond donors (Lipinski definition) is 4. The first-order valence-corrected chi connectivity index (χ1v) is 3.59. The molecule has 4 N–H and O–H groups in total. The molecule has 1 fully saturated rings. The Kier molecular flexibility index (Phi) is 2.83. The Bertz CT molecular complexity index is 188. The minimum absolute atomic E-state index is 0.759. The second kappa shape index (κ2) is 3.43. The molecule has 7 heteroatoms. The van der Waals surface area contributed by atoms with Gasteiger partial charge in [-0.2, -0.15) is 8.78 Å². The zero-order valence-corrected chi connectivity index (χ0v) is 6.47. The highest BCUT2D eigenvalue weighted by atomic mass is 19.2. The van der Waals surface area contributed by atoms with Crippen LogP contribution in [0.25, 0.3) is 0 Å². The predicted molar refractivity (Wildman–Crippen MR) is 34.9 cm³/mol. The third-order valence-electron chi connectivity index (χ3n) is 1.91. The first-order chi connectivity index (χ1) is 5.91. The van der Waals surface area contributed by atoms with Crippen LogP contribution in [0, 0.1) is 0 Å². The minimum Gasteiger partial charge on any atom is -0.394 e. The summed E-state index contributed by atoms with van der Waals surface area (Å²) in [6.07, 6.45) is -8.26. The first kappa shape index (κ1) is 10.7. The second-order valence-electron chi connectivity index (χ2n) is 2.82. The lowest BCUT2D eigenvalue weighted by atomic mass is 9.98. The third-order valence-corrected chi connectivity index (χ3v) is 1.91. The van der Waals surface area contributed by atoms with Crippen molar-refractivity contribution in [3.8, 4) is 0 Å². The van der Waals surface area contributed by atoms with Crippen LogP contribution in [-0.2, 0) is 4.74 Å². The van der Waals surface area contributed by atoms with Crippen LogP contribution in [0.5, 0.6) is 0 Å². The molecule has 0 amide bonds. The number of aliphatic hydroxyl groups excluding tert-OH is 4. The van der Waals surface area contributed by atoms with E-state index >= 15 is 0 Å². The van der Waals surface area contributed by atoms with Crippen molar-refractivity contribution in [3.63, 3.8) is 0 Å². The van der Waals surface area contributed by atoms with Crippen molar-refractivity contribution in [2.75, 3.05) is 6.61 Å². The maximum absolute atomic E-state index is 12.7. The molecule has 0 aromatic carbocycles. The van der Waals surface area contributed by atoms with Crippen molar-refractivity contribution in [3.05, 3.63) is 0 Å². The van der Waals surface area contributed by atoms with E-state index in [1.807, 2.05) is 0 Å². The summed E-state index contributed by atoms with van der Waals surface area (Å²) in [6.45, 7) is -0.759. The van der Waals surface area contributed by atoms with Gasteiger partial charge in [0.05, 0.1) is 6.61 Å². The van der Waals surface area contributed by atoms with Gasteiger partial charge in [-0.3, -0.25) is 0 Å². The molecule has 0 aromatic heterocycles. The largest absolute Gasteiger partial charge is 0.394 e. The first-order valence-electron chi connectivity index (χ1n) is 3.59. The van der Waals surface area contributed by atoms with Gasteiger partial charge in [0.15, 0.2) is 6.10 Å². The van der Waals surface area contributed by atoms with Gasteiger partial charge in [-0.05, 0) is 0 Å². The van der Waals surface area contributed by atoms with Gasteiger partial charge in [0, 0.05) is 0 Å². The summed E-state index contributed by atoms with van der Waals surface area (Å²) >= 11 is 0. The third kappa shape index (κ3) is 1.65. The Balaban J connectivity index is 2.79. The average molecular weight is 199 g/mol. The van der Waals surface area contributed by atoms with E-state index in [1.54, 1.807) is 0 Å². The molecule has 78 valence electrons. The van der Waals surface area contributed by atoms with E-state index in [1.165, 1.54) is 0 Å². The zero-order valence-electron chi connectivity index (χ0n) is 6.47. The summed E-state index contributed by atoms with van der Waals surface area (Å²) in [5, 5.41) is 35.0. The second-order valence-corrected chi connectivity index (χ2v) is 2.82. The van der Waals surface area contributed by atoms with E-state index in [0.717, 1.165) is 0 Å². The number of rotatable bonds is 1. The molecule has 0 bridgehead atoms. The fourth-order valence-corrected chi connectivity index (χ4v) is 1.06. The maximum Gasteiger partial charge on any atom is 0.325 e. The van der Waals surface area contributed by atoms with E-state index in [0.29, 0.717) is 0 Å². The van der Waals surface area contributed by atoms with Crippen LogP contribution in [-0.4, -0.2) is 57.6 Å². The van der Waals surface area contributed by atoms with E-state index < -0.39 is 37.1 Å². The van der Waals surface area contributed by atoms with Crippen molar-refractivity contribution in [1.29, 1.82) is 0 Å². The molecular weight excluding hydrogens is 189 g/mol. The summed E-state index contributed by atoms with van der Waals surface area (Å²) in [5.74, 6) is -3.93. The van der Waals surface area contributed by atoms with Gasteiger partial charge < -0.3 is 25.2 Å². The Morgan fingerprint density at radius 2 is 1.77 bits per heavy atom. The van der Waals surface area contributed by atoms with Crippen LogP contribution in [0.1, 0.15) is 0 Å². The maximum atomic E-state index is 12.7. The van der Waals surface area contributed by atoms with Crippen molar-refractivity contribution in [2.24, 2.45) is 0 Å². The Morgan fingerprint density at radius 3 is 2.23 bits per heavy atom. The van der Waals surface area contributed by atoms with E-state index in [2.05, 4.69) is 4.74 Å². The number of aliphatic hydroxyl groups is 4. The lowest BCUT2D eigenvalue weighted by molar-refractivity contribution is -0.345. The molecule has 1 saturated heterocycles. The smallest absolute Gasteiger partial charge is 0.325 e. The van der Waals surface area contributed by atoms with Gasteiger partial charge in [-0.15, -0.1) is 0 Å². The van der Waals surface area contributed by atoms with Crippen LogP contribution in [0.15, 0.2) is 0 Å². The molecule has 1 aliphatic heterocycles. The van der Waals surface area contributed by atoms with Crippen molar-refractivity contribution < 1.29 is 33.9 Å². The molecule has 0 saturated carbocycles. The molecule has 0 aromatic rings. The van der Waals surface area contributed by atoms with Gasteiger partial charge in [0.25, 0.3) is 0 Å². The Morgan fingerprint density at radius 1 is 1.23 bits per heavy atom. The van der Waals surface area contributed by atoms with Crippen molar-refractivity contribution in [2.45, 2.75) is 30.5 Å². The average Bonchev–Trinajstić information content (AvgIpc) is 2.09. The molecule has 0 spiro atoms. The molecule has 5 atom stereocenters. The van der Waals surface area contributed by atoms with Gasteiger partial charge in [0.2, 0.25) is 6.29 Å². The van der Waals surface area contributed by atoms with Gasteiger partial charge in [0.1, 0.15) is 12.2 Å². The van der Waals surface area contributed by atoms with Gasteiger partial charge in [-0.1, -0.05) is 0 Å². The molecule has 5 nitrogen and oxygen atoms in total. The highest BCUT2D eigenvalue weighted by molar-refractivity contribution is 4.93. The molecule has 1 rings (SSSR count). The van der Waals surface area contributed by atoms with Crippen LogP contribution < -0.4 is 0 Å². The summed E-state index contributed by atoms with van der Waals surface area (Å²) in [7, 11) is 0. The Hall–Kier alpha value is -0.340. The zero-order chi connectivity index (χ0) is 10.2. The number of alkyl halides is 2. The van der Waals surface area contributed by atoms with Crippen molar-refractivity contribution in [1.82, 2.24) is 0 Å². The number of ether oxygens (including phenoxy) is 1. The van der Waals surface area contributed by atoms with Crippen LogP contribution >= 0.6 is 0 Å². The molecule has 0 radical (unpaired) electrons. The minimum atomic E-state index is -3.93. The van der Waals surface area contributed by atoms with Crippen LogP contribution in [0.4, 0.5) is 8.78 Å². The quantitative estimate of drug-likeness (QED) is 0.394. The van der Waals surface area contributed by atoms with Gasteiger partial charge >= 0.3 is 5.92 Å². The number of halogens is 2.